The standard InChI is InChI=1S/C31H46O3S2/c1-5-8-11-12-13-31(35-16-17-36-31)21-18-24(33-14-9-6-2)26(25(19-21)34-15-10-7-3)22-20-23(32)28-29-27(22)30(28,29)4/h18-19,22,27-29H,5-17,20H2,1-4H3/t22-,27?,28+,29?,30-/m0/s1. The van der Waals surface area contributed by atoms with Gasteiger partial charge in [-0.2, -0.15) is 0 Å². The number of hydrogen-bond donors (Lipinski definition) is 0. The summed E-state index contributed by atoms with van der Waals surface area (Å²) in [7, 11) is 0. The Labute approximate surface area is 227 Å². The zero-order valence-electron chi connectivity index (χ0n) is 22.9. The number of ketones is 1. The Morgan fingerprint density at radius 2 is 1.44 bits per heavy atom. The summed E-state index contributed by atoms with van der Waals surface area (Å²) in [4.78, 5) is 13.0. The van der Waals surface area contributed by atoms with Gasteiger partial charge in [-0.15, -0.1) is 23.5 Å². The first kappa shape index (κ1) is 26.8. The van der Waals surface area contributed by atoms with Crippen molar-refractivity contribution in [2.24, 2.45) is 23.2 Å². The maximum Gasteiger partial charge on any atom is 0.137 e. The number of carbonyl (C=O) groups excluding carboxylic acids is 1. The second-order valence-electron chi connectivity index (χ2n) is 11.7. The van der Waals surface area contributed by atoms with Crippen LogP contribution in [0, 0.1) is 23.2 Å². The molecule has 0 spiro atoms. The first-order chi connectivity index (χ1) is 17.5. The van der Waals surface area contributed by atoms with Crippen LogP contribution in [0.2, 0.25) is 0 Å². The topological polar surface area (TPSA) is 35.5 Å². The minimum atomic E-state index is 0.0964. The van der Waals surface area contributed by atoms with Crippen molar-refractivity contribution in [2.45, 2.75) is 102 Å². The van der Waals surface area contributed by atoms with Crippen molar-refractivity contribution in [2.75, 3.05) is 24.7 Å². The maximum atomic E-state index is 13.0. The first-order valence-corrected chi connectivity index (χ1v) is 16.7. The number of fused-ring (bicyclic) bond motifs is 2. The molecule has 36 heavy (non-hydrogen) atoms. The lowest BCUT2D eigenvalue weighted by molar-refractivity contribution is -0.125. The Kier molecular flexibility index (Phi) is 8.28. The minimum absolute atomic E-state index is 0.0964. The van der Waals surface area contributed by atoms with Crippen LogP contribution < -0.4 is 9.47 Å². The van der Waals surface area contributed by atoms with Crippen molar-refractivity contribution in [1.29, 1.82) is 0 Å². The second-order valence-corrected chi connectivity index (χ2v) is 14.8. The van der Waals surface area contributed by atoms with Gasteiger partial charge in [0.15, 0.2) is 0 Å². The average molecular weight is 531 g/mol. The molecular formula is C31H46O3S2. The highest BCUT2D eigenvalue weighted by Crippen LogP contribution is 2.90. The molecule has 4 saturated carbocycles. The molecule has 0 amide bonds. The molecule has 2 unspecified atom stereocenters. The van der Waals surface area contributed by atoms with Crippen molar-refractivity contribution < 1.29 is 14.3 Å². The highest BCUT2D eigenvalue weighted by atomic mass is 32.2. The van der Waals surface area contributed by atoms with E-state index in [9.17, 15) is 4.79 Å². The molecule has 0 N–H and O–H groups in total. The van der Waals surface area contributed by atoms with Gasteiger partial charge in [-0.05, 0) is 54.2 Å². The molecule has 1 aromatic carbocycles. The van der Waals surface area contributed by atoms with Crippen LogP contribution in [0.1, 0.15) is 109 Å². The van der Waals surface area contributed by atoms with Gasteiger partial charge in [0, 0.05) is 35.3 Å². The Hall–Kier alpha value is -0.810. The van der Waals surface area contributed by atoms with E-state index in [2.05, 4.69) is 63.4 Å². The molecule has 0 aromatic heterocycles. The molecule has 5 heteroatoms. The van der Waals surface area contributed by atoms with Crippen LogP contribution in [-0.2, 0) is 8.87 Å². The van der Waals surface area contributed by atoms with Gasteiger partial charge in [0.1, 0.15) is 17.3 Å². The zero-order chi connectivity index (χ0) is 25.3. The Morgan fingerprint density at radius 3 is 1.97 bits per heavy atom. The number of thioether (sulfide) groups is 2. The van der Waals surface area contributed by atoms with Gasteiger partial charge in [-0.1, -0.05) is 66.2 Å². The van der Waals surface area contributed by atoms with Crippen LogP contribution in [0.15, 0.2) is 12.1 Å². The zero-order valence-corrected chi connectivity index (χ0v) is 24.5. The van der Waals surface area contributed by atoms with E-state index in [1.54, 1.807) is 0 Å². The lowest BCUT2D eigenvalue weighted by Crippen LogP contribution is -2.31. The fourth-order valence-electron chi connectivity index (χ4n) is 7.22. The largest absolute Gasteiger partial charge is 0.493 e. The predicted octanol–water partition coefficient (Wildman–Crippen LogP) is 8.59. The molecule has 5 fully saturated rings. The van der Waals surface area contributed by atoms with Gasteiger partial charge in [0.2, 0.25) is 0 Å². The molecule has 2 bridgehead atoms. The molecule has 5 aliphatic rings. The van der Waals surface area contributed by atoms with E-state index in [-0.39, 0.29) is 15.4 Å². The summed E-state index contributed by atoms with van der Waals surface area (Å²) >= 11 is 4.25. The van der Waals surface area contributed by atoms with Crippen molar-refractivity contribution in [1.82, 2.24) is 0 Å². The van der Waals surface area contributed by atoms with E-state index >= 15 is 0 Å². The van der Waals surface area contributed by atoms with Gasteiger partial charge >= 0.3 is 0 Å². The highest BCUT2D eigenvalue weighted by molar-refractivity contribution is 8.20. The Balaban J connectivity index is 1.52. The molecule has 1 aliphatic heterocycles. The third-order valence-corrected chi connectivity index (χ3v) is 13.0. The van der Waals surface area contributed by atoms with Crippen molar-refractivity contribution in [3.63, 3.8) is 0 Å². The molecule has 5 atom stereocenters. The molecule has 1 aromatic rings. The van der Waals surface area contributed by atoms with Gasteiger partial charge < -0.3 is 9.47 Å². The number of Topliss-reactive ketones (excluding diaryl/α,β-unsaturated/α-hetero) is 1. The van der Waals surface area contributed by atoms with Gasteiger partial charge in [-0.25, -0.2) is 0 Å². The number of unbranched alkanes of at least 4 members (excludes halogenated alkanes) is 5. The van der Waals surface area contributed by atoms with Crippen molar-refractivity contribution >= 4 is 29.3 Å². The lowest BCUT2D eigenvalue weighted by atomic mass is 9.71. The highest BCUT2D eigenvalue weighted by Gasteiger charge is 2.89. The third-order valence-electron chi connectivity index (χ3n) is 9.37. The molecule has 1 heterocycles. The maximum absolute atomic E-state index is 13.0. The summed E-state index contributed by atoms with van der Waals surface area (Å²) < 4.78 is 13.3. The van der Waals surface area contributed by atoms with E-state index in [1.807, 2.05) is 0 Å². The van der Waals surface area contributed by atoms with Crippen LogP contribution in [0.3, 0.4) is 0 Å². The molecule has 1 saturated heterocycles. The van der Waals surface area contributed by atoms with Crippen LogP contribution >= 0.6 is 23.5 Å². The van der Waals surface area contributed by atoms with E-state index < -0.39 is 0 Å². The summed E-state index contributed by atoms with van der Waals surface area (Å²) in [6, 6.07) is 4.74. The number of carbonyl (C=O) groups is 1. The summed E-state index contributed by atoms with van der Waals surface area (Å²) in [6.07, 6.45) is 11.4. The molecule has 0 radical (unpaired) electrons. The fourth-order valence-corrected chi connectivity index (χ4v) is 10.5. The number of hydrogen-bond acceptors (Lipinski definition) is 5. The average Bonchev–Trinajstić information content (AvgIpc) is 3.58. The van der Waals surface area contributed by atoms with Crippen LogP contribution in [-0.4, -0.2) is 30.5 Å². The number of benzene rings is 1. The molecule has 3 nitrogen and oxygen atoms in total. The first-order valence-electron chi connectivity index (χ1n) is 14.8. The van der Waals surface area contributed by atoms with Gasteiger partial charge in [0.25, 0.3) is 0 Å². The summed E-state index contributed by atoms with van der Waals surface area (Å²) in [5.41, 5.74) is 2.85. The van der Waals surface area contributed by atoms with E-state index in [4.69, 9.17) is 9.47 Å². The molecule has 4 aliphatic carbocycles. The predicted molar refractivity (Wildman–Crippen MR) is 154 cm³/mol. The summed E-state index contributed by atoms with van der Waals surface area (Å²) in [5, 5.41) is 0. The summed E-state index contributed by atoms with van der Waals surface area (Å²) in [5.74, 6) is 6.77. The minimum Gasteiger partial charge on any atom is -0.493 e. The van der Waals surface area contributed by atoms with E-state index in [1.165, 1.54) is 54.7 Å². The SMILES string of the molecule is CCCCCCC1(c2cc(OCCCC)c([C@@H]3CC(=O)[C@@H]4C5C3[C@]54C)c(OCCCC)c2)SCCS1. The number of ether oxygens (including phenoxy) is 2. The van der Waals surface area contributed by atoms with Crippen LogP contribution in [0.5, 0.6) is 11.5 Å². The quantitative estimate of drug-likeness (QED) is 0.212. The van der Waals surface area contributed by atoms with Gasteiger partial charge in [0.05, 0.1) is 17.3 Å². The van der Waals surface area contributed by atoms with Gasteiger partial charge in [-0.3, -0.25) is 4.79 Å². The number of rotatable bonds is 15. The van der Waals surface area contributed by atoms with E-state index in [0.29, 0.717) is 30.0 Å². The third kappa shape index (κ3) is 4.74. The fraction of sp³-hybridized carbons (Fsp3) is 0.774. The Morgan fingerprint density at radius 1 is 0.861 bits per heavy atom. The van der Waals surface area contributed by atoms with Crippen molar-refractivity contribution in [3.8, 4) is 11.5 Å². The van der Waals surface area contributed by atoms with E-state index in [0.717, 1.165) is 50.4 Å². The van der Waals surface area contributed by atoms with Crippen LogP contribution in [0.25, 0.3) is 0 Å². The van der Waals surface area contributed by atoms with Crippen molar-refractivity contribution in [3.05, 3.63) is 23.3 Å². The molecular weight excluding hydrogens is 484 g/mol. The molecule has 200 valence electrons. The monoisotopic (exact) mass is 530 g/mol. The second kappa shape index (κ2) is 11.1. The Bertz CT molecular complexity index is 909. The molecule has 6 rings (SSSR count). The normalized spacial score (nSPS) is 31.3. The lowest BCUT2D eigenvalue weighted by Gasteiger charge is -2.35. The smallest absolute Gasteiger partial charge is 0.137 e. The summed E-state index contributed by atoms with van der Waals surface area (Å²) in [6.45, 7) is 10.5. The van der Waals surface area contributed by atoms with Crippen LogP contribution in [0.4, 0.5) is 0 Å².